The molecule has 1 aromatic heterocycles. The molecule has 0 aliphatic carbocycles. The monoisotopic (exact) mass is 412 g/mol. The first-order chi connectivity index (χ1) is 14.4. The van der Waals surface area contributed by atoms with E-state index >= 15 is 0 Å². The molecule has 0 atom stereocenters. The highest BCUT2D eigenvalue weighted by Gasteiger charge is 2.10. The molecule has 0 fully saturated rings. The van der Waals surface area contributed by atoms with Crippen molar-refractivity contribution in [3.05, 3.63) is 65.4 Å². The molecule has 0 aliphatic heterocycles. The van der Waals surface area contributed by atoms with Gasteiger partial charge in [-0.3, -0.25) is 0 Å². The van der Waals surface area contributed by atoms with Gasteiger partial charge in [-0.15, -0.1) is 0 Å². The third-order valence-electron chi connectivity index (χ3n) is 4.31. The van der Waals surface area contributed by atoms with Crippen molar-refractivity contribution in [2.24, 2.45) is 4.99 Å². The van der Waals surface area contributed by atoms with Crippen molar-refractivity contribution in [3.63, 3.8) is 0 Å². The standard InChI is InChI=1S/C22H22F2N4O2/c1-5-28(4)13-26-19-10-15(3)20(11-14(19)2)30-21-8-9-25-22(27-21)29-16-6-7-17(23)18(24)12-16/h6-13H,5H2,1-4H3. The molecular weight excluding hydrogens is 390 g/mol. The average molecular weight is 412 g/mol. The average Bonchev–Trinajstić information content (AvgIpc) is 2.72. The number of benzene rings is 2. The Balaban J connectivity index is 1.78. The van der Waals surface area contributed by atoms with Gasteiger partial charge in [-0.1, -0.05) is 0 Å². The van der Waals surface area contributed by atoms with E-state index in [-0.39, 0.29) is 17.6 Å². The highest BCUT2D eigenvalue weighted by Crippen LogP contribution is 2.31. The first kappa shape index (κ1) is 21.2. The number of nitrogens with zero attached hydrogens (tertiary/aromatic N) is 4. The number of aromatic nitrogens is 2. The maximum absolute atomic E-state index is 13.3. The SMILES string of the molecule is CCN(C)C=Nc1cc(C)c(Oc2ccnc(Oc3ccc(F)c(F)c3)n2)cc1C. The molecule has 30 heavy (non-hydrogen) atoms. The molecule has 156 valence electrons. The Morgan fingerprint density at radius 1 is 1.03 bits per heavy atom. The van der Waals surface area contributed by atoms with Crippen molar-refractivity contribution in [2.75, 3.05) is 13.6 Å². The van der Waals surface area contributed by atoms with Crippen LogP contribution < -0.4 is 9.47 Å². The van der Waals surface area contributed by atoms with Gasteiger partial charge in [0.15, 0.2) is 11.6 Å². The zero-order chi connectivity index (χ0) is 21.7. The Bertz CT molecular complexity index is 1070. The molecule has 6 nitrogen and oxygen atoms in total. The minimum absolute atomic E-state index is 0.0447. The zero-order valence-corrected chi connectivity index (χ0v) is 17.2. The molecule has 0 saturated carbocycles. The van der Waals surface area contributed by atoms with Crippen molar-refractivity contribution in [1.82, 2.24) is 14.9 Å². The number of aryl methyl sites for hydroxylation is 2. The fourth-order valence-electron chi connectivity index (χ4n) is 2.46. The second-order valence-corrected chi connectivity index (χ2v) is 6.68. The van der Waals surface area contributed by atoms with Gasteiger partial charge in [-0.05, 0) is 56.2 Å². The van der Waals surface area contributed by atoms with Crippen LogP contribution in [0.5, 0.6) is 23.4 Å². The minimum atomic E-state index is -1.01. The first-order valence-electron chi connectivity index (χ1n) is 9.35. The third kappa shape index (κ3) is 5.28. The second kappa shape index (κ2) is 9.30. The summed E-state index contributed by atoms with van der Waals surface area (Å²) in [6.45, 7) is 6.78. The molecule has 0 unspecified atom stereocenters. The van der Waals surface area contributed by atoms with E-state index in [2.05, 4.69) is 15.0 Å². The van der Waals surface area contributed by atoms with E-state index in [9.17, 15) is 8.78 Å². The van der Waals surface area contributed by atoms with Gasteiger partial charge in [0.2, 0.25) is 5.88 Å². The Kier molecular flexibility index (Phi) is 6.56. The lowest BCUT2D eigenvalue weighted by molar-refractivity contribution is 0.405. The second-order valence-electron chi connectivity index (χ2n) is 6.68. The van der Waals surface area contributed by atoms with Crippen molar-refractivity contribution in [2.45, 2.75) is 20.8 Å². The smallest absolute Gasteiger partial charge is 0.325 e. The van der Waals surface area contributed by atoms with Gasteiger partial charge in [0.1, 0.15) is 11.5 Å². The molecule has 0 aliphatic rings. The van der Waals surface area contributed by atoms with Crippen LogP contribution >= 0.6 is 0 Å². The number of hydrogen-bond donors (Lipinski definition) is 0. The van der Waals surface area contributed by atoms with Crippen LogP contribution in [0.3, 0.4) is 0 Å². The van der Waals surface area contributed by atoms with E-state index in [0.29, 0.717) is 5.75 Å². The summed E-state index contributed by atoms with van der Waals surface area (Å²) in [4.78, 5) is 14.6. The lowest BCUT2D eigenvalue weighted by Gasteiger charge is -2.12. The third-order valence-corrected chi connectivity index (χ3v) is 4.31. The van der Waals surface area contributed by atoms with E-state index in [0.717, 1.165) is 35.5 Å². The van der Waals surface area contributed by atoms with Crippen LogP contribution in [-0.4, -0.2) is 34.8 Å². The van der Waals surface area contributed by atoms with Crippen LogP contribution in [-0.2, 0) is 0 Å². The van der Waals surface area contributed by atoms with E-state index in [4.69, 9.17) is 9.47 Å². The highest BCUT2D eigenvalue weighted by atomic mass is 19.2. The maximum atomic E-state index is 13.3. The quantitative estimate of drug-likeness (QED) is 0.375. The molecule has 2 aromatic carbocycles. The van der Waals surface area contributed by atoms with Gasteiger partial charge in [0, 0.05) is 31.9 Å². The summed E-state index contributed by atoms with van der Waals surface area (Å²) >= 11 is 0. The van der Waals surface area contributed by atoms with Crippen LogP contribution in [0.1, 0.15) is 18.1 Å². The van der Waals surface area contributed by atoms with E-state index in [1.54, 1.807) is 12.4 Å². The fraction of sp³-hybridized carbons (Fsp3) is 0.227. The fourth-order valence-corrected chi connectivity index (χ4v) is 2.46. The van der Waals surface area contributed by atoms with Crippen LogP contribution in [0.15, 0.2) is 47.6 Å². The van der Waals surface area contributed by atoms with Gasteiger partial charge < -0.3 is 14.4 Å². The first-order valence-corrected chi connectivity index (χ1v) is 9.35. The van der Waals surface area contributed by atoms with E-state index < -0.39 is 11.6 Å². The van der Waals surface area contributed by atoms with Gasteiger partial charge in [-0.25, -0.2) is 18.8 Å². The Labute approximate surface area is 173 Å². The Hall–Kier alpha value is -3.55. The normalized spacial score (nSPS) is 11.0. The van der Waals surface area contributed by atoms with Crippen LogP contribution in [0.4, 0.5) is 14.5 Å². The van der Waals surface area contributed by atoms with Crippen LogP contribution in [0.2, 0.25) is 0 Å². The summed E-state index contributed by atoms with van der Waals surface area (Å²) < 4.78 is 37.7. The van der Waals surface area contributed by atoms with Crippen LogP contribution in [0.25, 0.3) is 0 Å². The lowest BCUT2D eigenvalue weighted by atomic mass is 10.1. The summed E-state index contributed by atoms with van der Waals surface area (Å²) in [5.41, 5.74) is 2.68. The molecule has 3 aromatic rings. The maximum Gasteiger partial charge on any atom is 0.325 e. The largest absolute Gasteiger partial charge is 0.439 e. The summed E-state index contributed by atoms with van der Waals surface area (Å²) in [7, 11) is 1.96. The molecule has 8 heteroatoms. The lowest BCUT2D eigenvalue weighted by Crippen LogP contribution is -2.14. The molecule has 3 rings (SSSR count). The van der Waals surface area contributed by atoms with Gasteiger partial charge in [-0.2, -0.15) is 4.98 Å². The molecule has 0 bridgehead atoms. The Morgan fingerprint density at radius 2 is 1.83 bits per heavy atom. The van der Waals surface area contributed by atoms with Crippen LogP contribution in [0, 0.1) is 25.5 Å². The number of hydrogen-bond acceptors (Lipinski definition) is 5. The predicted octanol–water partition coefficient (Wildman–Crippen LogP) is 5.57. The van der Waals surface area contributed by atoms with Crippen molar-refractivity contribution >= 4 is 12.0 Å². The predicted molar refractivity (Wildman–Crippen MR) is 111 cm³/mol. The molecule has 0 radical (unpaired) electrons. The number of aliphatic imine (C=N–C) groups is 1. The van der Waals surface area contributed by atoms with Gasteiger partial charge >= 0.3 is 6.01 Å². The summed E-state index contributed by atoms with van der Waals surface area (Å²) in [5.74, 6) is -1.02. The summed E-state index contributed by atoms with van der Waals surface area (Å²) in [5, 5.41) is 0. The van der Waals surface area contributed by atoms with Crippen molar-refractivity contribution in [3.8, 4) is 23.4 Å². The number of ether oxygens (including phenoxy) is 2. The summed E-state index contributed by atoms with van der Waals surface area (Å²) in [6, 6.07) is 8.54. The molecular formula is C22H22F2N4O2. The zero-order valence-electron chi connectivity index (χ0n) is 17.2. The van der Waals surface area contributed by atoms with Crippen molar-refractivity contribution in [1.29, 1.82) is 0 Å². The summed E-state index contributed by atoms with van der Waals surface area (Å²) in [6.07, 6.45) is 3.24. The van der Waals surface area contributed by atoms with Gasteiger partial charge in [0.25, 0.3) is 0 Å². The van der Waals surface area contributed by atoms with Gasteiger partial charge in [0.05, 0.1) is 12.0 Å². The highest BCUT2D eigenvalue weighted by molar-refractivity contribution is 5.64. The molecule has 0 N–H and O–H groups in total. The molecule has 0 saturated heterocycles. The topological polar surface area (TPSA) is 59.8 Å². The molecule has 1 heterocycles. The Morgan fingerprint density at radius 3 is 2.57 bits per heavy atom. The van der Waals surface area contributed by atoms with Crippen molar-refractivity contribution < 1.29 is 18.3 Å². The molecule has 0 amide bonds. The number of rotatable bonds is 7. The van der Waals surface area contributed by atoms with E-state index in [1.807, 2.05) is 44.9 Å². The van der Waals surface area contributed by atoms with E-state index in [1.165, 1.54) is 12.3 Å². The minimum Gasteiger partial charge on any atom is -0.439 e. The number of halogens is 2. The molecule has 0 spiro atoms.